The minimum Gasteiger partial charge on any atom is -0.329 e. The number of benzene rings is 1. The molecule has 0 unspecified atom stereocenters. The third-order valence-corrected chi connectivity index (χ3v) is 2.26. The first-order valence-corrected chi connectivity index (χ1v) is 4.88. The zero-order chi connectivity index (χ0) is 9.80. The molecule has 0 saturated carbocycles. The van der Waals surface area contributed by atoms with Crippen molar-refractivity contribution < 1.29 is 0 Å². The second-order valence-corrected chi connectivity index (χ2v) is 3.27. The van der Waals surface area contributed by atoms with Crippen LogP contribution in [0.25, 0.3) is 6.08 Å². The number of nitrogens with zero attached hydrogens (tertiary/aromatic N) is 1. The molecule has 74 valence electrons. The van der Waals surface area contributed by atoms with Crippen LogP contribution in [-0.4, -0.2) is 19.6 Å². The zero-order valence-corrected chi connectivity index (χ0v) is 8.11. The van der Waals surface area contributed by atoms with Crippen LogP contribution < -0.4 is 16.2 Å². The van der Waals surface area contributed by atoms with Crippen LogP contribution in [0.2, 0.25) is 0 Å². The van der Waals surface area contributed by atoms with E-state index in [1.807, 2.05) is 0 Å². The quantitative estimate of drug-likeness (QED) is 0.745. The molecule has 0 aromatic heterocycles. The number of rotatable bonds is 3. The van der Waals surface area contributed by atoms with Gasteiger partial charge in [-0.05, 0) is 11.6 Å². The highest BCUT2D eigenvalue weighted by Gasteiger charge is 2.10. The first kappa shape index (κ1) is 9.24. The monoisotopic (exact) mass is 189 g/mol. The van der Waals surface area contributed by atoms with Gasteiger partial charge in [-0.15, -0.1) is 0 Å². The Morgan fingerprint density at radius 1 is 1.36 bits per heavy atom. The standard InChI is InChI=1S/C11H15N3/c12-7-8-13-14-9-3-5-10-4-1-2-6-11(10)14/h1-6,13H,7-9,12H2. The fraction of sp³-hybridized carbons (Fsp3) is 0.273. The third kappa shape index (κ3) is 1.78. The van der Waals surface area contributed by atoms with Crippen LogP contribution in [0.3, 0.4) is 0 Å². The van der Waals surface area contributed by atoms with Gasteiger partial charge in [0.15, 0.2) is 0 Å². The summed E-state index contributed by atoms with van der Waals surface area (Å²) in [7, 11) is 0. The number of nitrogens with two attached hydrogens (primary N) is 1. The third-order valence-electron chi connectivity index (χ3n) is 2.26. The lowest BCUT2D eigenvalue weighted by Crippen LogP contribution is -2.42. The zero-order valence-electron chi connectivity index (χ0n) is 8.11. The Kier molecular flexibility index (Phi) is 2.81. The van der Waals surface area contributed by atoms with Gasteiger partial charge in [-0.25, -0.2) is 5.43 Å². The largest absolute Gasteiger partial charge is 0.329 e. The van der Waals surface area contributed by atoms with Crippen LogP contribution in [0, 0.1) is 0 Å². The maximum absolute atomic E-state index is 5.46. The Balaban J connectivity index is 2.18. The molecule has 0 fully saturated rings. The molecule has 1 aliphatic rings. The minimum absolute atomic E-state index is 0.655. The Hall–Kier alpha value is -1.32. The van der Waals surface area contributed by atoms with Crippen LogP contribution in [-0.2, 0) is 0 Å². The molecule has 1 heterocycles. The van der Waals surface area contributed by atoms with Crippen molar-refractivity contribution in [3.8, 4) is 0 Å². The molecule has 0 amide bonds. The van der Waals surface area contributed by atoms with Gasteiger partial charge in [-0.2, -0.15) is 0 Å². The molecule has 1 aromatic rings. The molecule has 3 N–H and O–H groups in total. The molecule has 0 bridgehead atoms. The first-order chi connectivity index (χ1) is 6.92. The van der Waals surface area contributed by atoms with Crippen molar-refractivity contribution in [2.75, 3.05) is 24.6 Å². The highest BCUT2D eigenvalue weighted by molar-refractivity contribution is 5.70. The highest BCUT2D eigenvalue weighted by Crippen LogP contribution is 2.23. The lowest BCUT2D eigenvalue weighted by molar-refractivity contribution is 0.655. The first-order valence-electron chi connectivity index (χ1n) is 4.88. The van der Waals surface area contributed by atoms with Crippen LogP contribution >= 0.6 is 0 Å². The Morgan fingerprint density at radius 3 is 3.07 bits per heavy atom. The molecule has 0 aliphatic carbocycles. The summed E-state index contributed by atoms with van der Waals surface area (Å²) in [5, 5.41) is 2.13. The smallest absolute Gasteiger partial charge is 0.0595 e. The molecule has 1 aliphatic heterocycles. The SMILES string of the molecule is NCCNN1CC=Cc2ccccc21. The molecule has 0 spiro atoms. The van der Waals surface area contributed by atoms with Gasteiger partial charge >= 0.3 is 0 Å². The number of nitrogens with one attached hydrogen (secondary N) is 1. The van der Waals surface area contributed by atoms with Gasteiger partial charge in [-0.3, -0.25) is 0 Å². The van der Waals surface area contributed by atoms with E-state index >= 15 is 0 Å². The van der Waals surface area contributed by atoms with Crippen LogP contribution in [0.1, 0.15) is 5.56 Å². The van der Waals surface area contributed by atoms with Crippen LogP contribution in [0.4, 0.5) is 5.69 Å². The number of para-hydroxylation sites is 1. The summed E-state index contributed by atoms with van der Waals surface area (Å²) in [5.74, 6) is 0. The van der Waals surface area contributed by atoms with Crippen LogP contribution in [0.5, 0.6) is 0 Å². The number of hydrogen-bond acceptors (Lipinski definition) is 3. The molecule has 0 radical (unpaired) electrons. The Labute approximate surface area is 84.2 Å². The predicted molar refractivity (Wildman–Crippen MR) is 59.9 cm³/mol. The van der Waals surface area contributed by atoms with Gasteiger partial charge in [0.05, 0.1) is 12.2 Å². The summed E-state index contributed by atoms with van der Waals surface area (Å²) in [6.07, 6.45) is 4.29. The van der Waals surface area contributed by atoms with Crippen molar-refractivity contribution in [2.45, 2.75) is 0 Å². The Bertz CT molecular complexity index is 333. The summed E-state index contributed by atoms with van der Waals surface area (Å²) in [6, 6.07) is 8.33. The summed E-state index contributed by atoms with van der Waals surface area (Å²) >= 11 is 0. The van der Waals surface area contributed by atoms with E-state index in [1.165, 1.54) is 11.3 Å². The fourth-order valence-corrected chi connectivity index (χ4v) is 1.61. The van der Waals surface area contributed by atoms with E-state index in [0.717, 1.165) is 13.1 Å². The van der Waals surface area contributed by atoms with E-state index in [-0.39, 0.29) is 0 Å². The van der Waals surface area contributed by atoms with Gasteiger partial charge in [0, 0.05) is 13.1 Å². The number of anilines is 1. The number of hydrazine groups is 1. The Morgan fingerprint density at radius 2 is 2.21 bits per heavy atom. The van der Waals surface area contributed by atoms with Crippen molar-refractivity contribution in [2.24, 2.45) is 5.73 Å². The molecule has 0 atom stereocenters. The van der Waals surface area contributed by atoms with Gasteiger partial charge in [0.1, 0.15) is 0 Å². The van der Waals surface area contributed by atoms with Crippen molar-refractivity contribution >= 4 is 11.8 Å². The molecular formula is C11H15N3. The molecular weight excluding hydrogens is 174 g/mol. The second-order valence-electron chi connectivity index (χ2n) is 3.27. The van der Waals surface area contributed by atoms with Crippen molar-refractivity contribution in [1.29, 1.82) is 0 Å². The van der Waals surface area contributed by atoms with E-state index in [0.29, 0.717) is 6.54 Å². The highest BCUT2D eigenvalue weighted by atomic mass is 15.5. The van der Waals surface area contributed by atoms with Crippen molar-refractivity contribution in [3.05, 3.63) is 35.9 Å². The molecule has 14 heavy (non-hydrogen) atoms. The molecule has 2 rings (SSSR count). The van der Waals surface area contributed by atoms with E-state index < -0.39 is 0 Å². The molecule has 1 aromatic carbocycles. The maximum Gasteiger partial charge on any atom is 0.0595 e. The van der Waals surface area contributed by atoms with Crippen molar-refractivity contribution in [3.63, 3.8) is 0 Å². The normalized spacial score (nSPS) is 14.2. The maximum atomic E-state index is 5.46. The number of hydrogen-bond donors (Lipinski definition) is 2. The molecule has 0 saturated heterocycles. The van der Waals surface area contributed by atoms with Crippen LogP contribution in [0.15, 0.2) is 30.3 Å². The lowest BCUT2D eigenvalue weighted by Gasteiger charge is -2.28. The predicted octanol–water partition coefficient (Wildman–Crippen LogP) is 0.983. The van der Waals surface area contributed by atoms with Gasteiger partial charge < -0.3 is 10.7 Å². The average molecular weight is 189 g/mol. The molecule has 3 heteroatoms. The lowest BCUT2D eigenvalue weighted by atomic mass is 10.1. The summed E-state index contributed by atoms with van der Waals surface area (Å²) < 4.78 is 0. The number of fused-ring (bicyclic) bond motifs is 1. The minimum atomic E-state index is 0.655. The summed E-state index contributed by atoms with van der Waals surface area (Å²) in [5.41, 5.74) is 11.2. The average Bonchev–Trinajstić information content (AvgIpc) is 2.26. The van der Waals surface area contributed by atoms with E-state index in [4.69, 9.17) is 5.73 Å². The van der Waals surface area contributed by atoms with E-state index in [9.17, 15) is 0 Å². The van der Waals surface area contributed by atoms with Gasteiger partial charge in [0.25, 0.3) is 0 Å². The van der Waals surface area contributed by atoms with Gasteiger partial charge in [-0.1, -0.05) is 30.4 Å². The van der Waals surface area contributed by atoms with E-state index in [2.05, 4.69) is 46.9 Å². The fourth-order valence-electron chi connectivity index (χ4n) is 1.61. The van der Waals surface area contributed by atoms with E-state index in [1.54, 1.807) is 0 Å². The van der Waals surface area contributed by atoms with Gasteiger partial charge in [0.2, 0.25) is 0 Å². The second kappa shape index (κ2) is 4.26. The van der Waals surface area contributed by atoms with Crippen molar-refractivity contribution in [1.82, 2.24) is 5.43 Å². The summed E-state index contributed by atoms with van der Waals surface area (Å²) in [6.45, 7) is 2.36. The summed E-state index contributed by atoms with van der Waals surface area (Å²) in [4.78, 5) is 0. The molecule has 3 nitrogen and oxygen atoms in total. The topological polar surface area (TPSA) is 41.3 Å².